The normalized spacial score (nSPS) is 9.50. The van der Waals surface area contributed by atoms with E-state index in [1.807, 2.05) is 0 Å². The Labute approximate surface area is 77.0 Å². The first-order chi connectivity index (χ1) is 5.69. The van der Waals surface area contributed by atoms with Crippen LogP contribution in [-0.4, -0.2) is 24.3 Å². The lowest BCUT2D eigenvalue weighted by atomic mass is 10.4. The van der Waals surface area contributed by atoms with E-state index in [9.17, 15) is 9.59 Å². The number of methoxy groups -OCH3 is 1. The van der Waals surface area contributed by atoms with E-state index in [1.54, 1.807) is 0 Å². The second kappa shape index (κ2) is 3.53. The highest BCUT2D eigenvalue weighted by Crippen LogP contribution is 2.16. The van der Waals surface area contributed by atoms with Crippen LogP contribution in [0.4, 0.5) is 0 Å². The highest BCUT2D eigenvalue weighted by Gasteiger charge is 2.11. The second-order valence-corrected chi connectivity index (χ2v) is 2.91. The van der Waals surface area contributed by atoms with Gasteiger partial charge in [0.1, 0.15) is 5.69 Å². The van der Waals surface area contributed by atoms with Crippen LogP contribution in [0.1, 0.15) is 21.0 Å². The molecule has 0 aromatic carbocycles. The smallest absolute Gasteiger partial charge is 0.354 e. The average molecular weight is 232 g/mol. The van der Waals surface area contributed by atoms with Crippen LogP contribution in [0.5, 0.6) is 0 Å². The van der Waals surface area contributed by atoms with Crippen molar-refractivity contribution in [1.29, 1.82) is 0 Å². The Balaban J connectivity index is 3.04. The van der Waals surface area contributed by atoms with Crippen LogP contribution in [0, 0.1) is 0 Å². The molecule has 1 aromatic heterocycles. The molecule has 0 aliphatic carbocycles. The number of carbonyl (C=O) groups excluding carboxylic acids is 2. The largest absolute Gasteiger partial charge is 0.464 e. The second-order valence-electron chi connectivity index (χ2n) is 2.05. The molecule has 0 aliphatic rings. The number of aromatic amines is 1. The maximum Gasteiger partial charge on any atom is 0.354 e. The fourth-order valence-corrected chi connectivity index (χ4v) is 1.17. The number of ether oxygens (including phenoxy) is 1. The minimum absolute atomic E-state index is 0.256. The lowest BCUT2D eigenvalue weighted by Crippen LogP contribution is -2.01. The first-order valence-corrected chi connectivity index (χ1v) is 3.90. The van der Waals surface area contributed by atoms with Crippen molar-refractivity contribution in [3.63, 3.8) is 0 Å². The van der Waals surface area contributed by atoms with E-state index < -0.39 is 5.97 Å². The Morgan fingerprint density at radius 3 is 2.83 bits per heavy atom. The first-order valence-electron chi connectivity index (χ1n) is 3.11. The third-order valence-corrected chi connectivity index (χ3v) is 1.98. The molecule has 0 atom stereocenters. The van der Waals surface area contributed by atoms with Gasteiger partial charge in [0.25, 0.3) is 0 Å². The molecule has 1 aromatic rings. The van der Waals surface area contributed by atoms with E-state index in [4.69, 9.17) is 0 Å². The number of halogens is 1. The average Bonchev–Trinajstić information content (AvgIpc) is 2.45. The molecular formula is C7H6BrNO3. The van der Waals surface area contributed by atoms with Crippen molar-refractivity contribution in [2.75, 3.05) is 7.11 Å². The standard InChI is InChI=1S/C7H6BrNO3/c1-12-7(11)5-2-4(8)6(3-10)9-5/h2-3,9H,1H3. The summed E-state index contributed by atoms with van der Waals surface area (Å²) in [4.78, 5) is 23.8. The molecule has 1 N–H and O–H groups in total. The van der Waals surface area contributed by atoms with Crippen molar-refractivity contribution in [1.82, 2.24) is 4.98 Å². The van der Waals surface area contributed by atoms with Crippen molar-refractivity contribution >= 4 is 28.2 Å². The van der Waals surface area contributed by atoms with Gasteiger partial charge in [0.2, 0.25) is 0 Å². The van der Waals surface area contributed by atoms with Gasteiger partial charge in [-0.05, 0) is 22.0 Å². The molecule has 0 saturated heterocycles. The molecular weight excluding hydrogens is 226 g/mol. The fraction of sp³-hybridized carbons (Fsp3) is 0.143. The van der Waals surface area contributed by atoms with Gasteiger partial charge in [0.15, 0.2) is 6.29 Å². The molecule has 1 heterocycles. The predicted molar refractivity (Wildman–Crippen MR) is 45.2 cm³/mol. The number of carbonyl (C=O) groups is 2. The van der Waals surface area contributed by atoms with E-state index in [2.05, 4.69) is 25.7 Å². The van der Waals surface area contributed by atoms with Crippen LogP contribution in [0.15, 0.2) is 10.5 Å². The van der Waals surface area contributed by atoms with Gasteiger partial charge in [-0.3, -0.25) is 4.79 Å². The third kappa shape index (κ3) is 1.55. The number of hydrogen-bond acceptors (Lipinski definition) is 3. The van der Waals surface area contributed by atoms with Gasteiger partial charge in [0, 0.05) is 4.47 Å². The summed E-state index contributed by atoms with van der Waals surface area (Å²) in [6.45, 7) is 0. The van der Waals surface area contributed by atoms with Crippen LogP contribution >= 0.6 is 15.9 Å². The number of nitrogens with one attached hydrogen (secondary N) is 1. The number of aromatic nitrogens is 1. The number of rotatable bonds is 2. The van der Waals surface area contributed by atoms with Crippen LogP contribution < -0.4 is 0 Å². The maximum absolute atomic E-state index is 10.9. The number of aldehydes is 1. The Kier molecular flexibility index (Phi) is 2.65. The van der Waals surface area contributed by atoms with E-state index in [1.165, 1.54) is 13.2 Å². The number of H-pyrrole nitrogens is 1. The molecule has 5 heteroatoms. The molecule has 0 amide bonds. The molecule has 0 unspecified atom stereocenters. The zero-order chi connectivity index (χ0) is 9.14. The fourth-order valence-electron chi connectivity index (χ4n) is 0.751. The Morgan fingerprint density at radius 1 is 1.75 bits per heavy atom. The molecule has 0 spiro atoms. The molecule has 64 valence electrons. The SMILES string of the molecule is COC(=O)c1cc(Br)c(C=O)[nH]1. The summed E-state index contributed by atoms with van der Waals surface area (Å²) < 4.78 is 5.00. The summed E-state index contributed by atoms with van der Waals surface area (Å²) in [6, 6.07) is 1.50. The first kappa shape index (κ1) is 8.99. The van der Waals surface area contributed by atoms with Gasteiger partial charge in [-0.15, -0.1) is 0 Å². The maximum atomic E-state index is 10.9. The van der Waals surface area contributed by atoms with Crippen LogP contribution in [0.2, 0.25) is 0 Å². The van der Waals surface area contributed by atoms with Crippen molar-refractivity contribution in [3.05, 3.63) is 21.9 Å². The van der Waals surface area contributed by atoms with Crippen molar-refractivity contribution in [2.45, 2.75) is 0 Å². The molecule has 1 rings (SSSR count). The number of hydrogen-bond donors (Lipinski definition) is 1. The molecule has 0 fully saturated rings. The Hall–Kier alpha value is -1.10. The lowest BCUT2D eigenvalue weighted by molar-refractivity contribution is 0.0595. The van der Waals surface area contributed by atoms with Gasteiger partial charge < -0.3 is 9.72 Å². The van der Waals surface area contributed by atoms with Crippen molar-refractivity contribution in [3.8, 4) is 0 Å². The zero-order valence-corrected chi connectivity index (χ0v) is 7.84. The monoisotopic (exact) mass is 231 g/mol. The molecule has 12 heavy (non-hydrogen) atoms. The molecule has 4 nitrogen and oxygen atoms in total. The van der Waals surface area contributed by atoms with Crippen LogP contribution in [0.3, 0.4) is 0 Å². The number of esters is 1. The summed E-state index contributed by atoms with van der Waals surface area (Å²) in [5.41, 5.74) is 0.585. The van der Waals surface area contributed by atoms with Gasteiger partial charge in [-0.2, -0.15) is 0 Å². The Morgan fingerprint density at radius 2 is 2.42 bits per heavy atom. The summed E-state index contributed by atoms with van der Waals surface area (Å²) in [5, 5.41) is 0. The van der Waals surface area contributed by atoms with E-state index in [0.29, 0.717) is 16.5 Å². The van der Waals surface area contributed by atoms with E-state index in [0.717, 1.165) is 0 Å². The molecule has 0 bridgehead atoms. The van der Waals surface area contributed by atoms with Gasteiger partial charge in [-0.25, -0.2) is 4.79 Å². The Bertz CT molecular complexity index is 318. The summed E-state index contributed by atoms with van der Waals surface area (Å²) >= 11 is 3.10. The molecule has 0 aliphatic heterocycles. The van der Waals surface area contributed by atoms with Gasteiger partial charge in [-0.1, -0.05) is 0 Å². The predicted octanol–water partition coefficient (Wildman–Crippen LogP) is 1.38. The lowest BCUT2D eigenvalue weighted by Gasteiger charge is -1.91. The highest BCUT2D eigenvalue weighted by atomic mass is 79.9. The minimum atomic E-state index is -0.496. The quantitative estimate of drug-likeness (QED) is 0.618. The van der Waals surface area contributed by atoms with Crippen LogP contribution in [-0.2, 0) is 4.74 Å². The van der Waals surface area contributed by atoms with Gasteiger partial charge in [0.05, 0.1) is 12.8 Å². The van der Waals surface area contributed by atoms with E-state index >= 15 is 0 Å². The zero-order valence-electron chi connectivity index (χ0n) is 6.26. The summed E-state index contributed by atoms with van der Waals surface area (Å²) in [7, 11) is 1.28. The summed E-state index contributed by atoms with van der Waals surface area (Å²) in [6.07, 6.45) is 0.622. The highest BCUT2D eigenvalue weighted by molar-refractivity contribution is 9.10. The van der Waals surface area contributed by atoms with Crippen molar-refractivity contribution in [2.24, 2.45) is 0 Å². The topological polar surface area (TPSA) is 59.2 Å². The molecule has 0 saturated carbocycles. The van der Waals surface area contributed by atoms with Crippen molar-refractivity contribution < 1.29 is 14.3 Å². The van der Waals surface area contributed by atoms with Gasteiger partial charge >= 0.3 is 5.97 Å². The molecule has 0 radical (unpaired) electrons. The minimum Gasteiger partial charge on any atom is -0.464 e. The van der Waals surface area contributed by atoms with E-state index in [-0.39, 0.29) is 5.69 Å². The van der Waals surface area contributed by atoms with Crippen LogP contribution in [0.25, 0.3) is 0 Å². The summed E-state index contributed by atoms with van der Waals surface area (Å²) in [5.74, 6) is -0.496. The third-order valence-electron chi connectivity index (χ3n) is 1.32.